The second kappa shape index (κ2) is 6.28. The van der Waals surface area contributed by atoms with Gasteiger partial charge in [-0.2, -0.15) is 0 Å². The number of anilines is 1. The van der Waals surface area contributed by atoms with E-state index in [1.54, 1.807) is 49.4 Å². The Bertz CT molecular complexity index is 772. The summed E-state index contributed by atoms with van der Waals surface area (Å²) in [6.07, 6.45) is 1.15. The molecule has 0 fully saturated rings. The first-order valence-corrected chi connectivity index (χ1v) is 8.99. The van der Waals surface area contributed by atoms with E-state index in [9.17, 15) is 13.5 Å². The average molecular weight is 340 g/mol. The number of rotatable bonds is 5. The van der Waals surface area contributed by atoms with Crippen molar-refractivity contribution in [2.75, 3.05) is 18.1 Å². The number of halogens is 1. The van der Waals surface area contributed by atoms with Crippen LogP contribution in [0.15, 0.2) is 53.4 Å². The summed E-state index contributed by atoms with van der Waals surface area (Å²) in [4.78, 5) is 0.199. The second-order valence-electron chi connectivity index (χ2n) is 5.38. The van der Waals surface area contributed by atoms with Crippen LogP contribution in [0.2, 0.25) is 5.02 Å². The van der Waals surface area contributed by atoms with Crippen molar-refractivity contribution in [1.82, 2.24) is 0 Å². The zero-order valence-corrected chi connectivity index (χ0v) is 13.9. The van der Waals surface area contributed by atoms with E-state index in [2.05, 4.69) is 5.32 Å². The van der Waals surface area contributed by atoms with Gasteiger partial charge >= 0.3 is 0 Å². The molecule has 0 aliphatic carbocycles. The first kappa shape index (κ1) is 16.8. The van der Waals surface area contributed by atoms with Gasteiger partial charge in [0.15, 0.2) is 9.84 Å². The van der Waals surface area contributed by atoms with E-state index >= 15 is 0 Å². The van der Waals surface area contributed by atoms with Crippen LogP contribution in [0.3, 0.4) is 0 Å². The fraction of sp³-hybridized carbons (Fsp3) is 0.250. The second-order valence-corrected chi connectivity index (χ2v) is 7.77. The van der Waals surface area contributed by atoms with Crippen LogP contribution >= 0.6 is 11.6 Å². The summed E-state index contributed by atoms with van der Waals surface area (Å²) in [7, 11) is -3.34. The Balaban J connectivity index is 2.26. The molecule has 118 valence electrons. The van der Waals surface area contributed by atoms with Crippen LogP contribution in [0.25, 0.3) is 0 Å². The van der Waals surface area contributed by atoms with Gasteiger partial charge in [-0.3, -0.25) is 0 Å². The van der Waals surface area contributed by atoms with Crippen LogP contribution < -0.4 is 5.32 Å². The van der Waals surface area contributed by atoms with Gasteiger partial charge in [0.25, 0.3) is 0 Å². The van der Waals surface area contributed by atoms with Crippen LogP contribution in [-0.2, 0) is 15.4 Å². The third kappa shape index (κ3) is 3.80. The Morgan fingerprint density at radius 1 is 1.14 bits per heavy atom. The molecule has 1 atom stereocenters. The van der Waals surface area contributed by atoms with Crippen molar-refractivity contribution in [2.24, 2.45) is 0 Å². The highest BCUT2D eigenvalue weighted by Crippen LogP contribution is 2.29. The van der Waals surface area contributed by atoms with Gasteiger partial charge in [-0.1, -0.05) is 41.9 Å². The summed E-state index contributed by atoms with van der Waals surface area (Å²) >= 11 is 6.11. The highest BCUT2D eigenvalue weighted by Gasteiger charge is 2.26. The summed E-state index contributed by atoms with van der Waals surface area (Å²) in [5.41, 5.74) is -0.193. The van der Waals surface area contributed by atoms with E-state index < -0.39 is 15.4 Å². The van der Waals surface area contributed by atoms with Gasteiger partial charge in [0, 0.05) is 23.4 Å². The van der Waals surface area contributed by atoms with Gasteiger partial charge in [0.1, 0.15) is 5.60 Å². The van der Waals surface area contributed by atoms with Crippen molar-refractivity contribution < 1.29 is 13.5 Å². The van der Waals surface area contributed by atoms with Crippen molar-refractivity contribution in [3.8, 4) is 0 Å². The Morgan fingerprint density at radius 3 is 2.36 bits per heavy atom. The summed E-state index contributed by atoms with van der Waals surface area (Å²) < 4.78 is 23.6. The maximum absolute atomic E-state index is 11.8. The minimum Gasteiger partial charge on any atom is -0.384 e. The molecule has 22 heavy (non-hydrogen) atoms. The Morgan fingerprint density at radius 2 is 1.73 bits per heavy atom. The number of benzene rings is 2. The van der Waals surface area contributed by atoms with Crippen molar-refractivity contribution >= 4 is 27.1 Å². The molecule has 0 spiro atoms. The molecule has 1 unspecified atom stereocenters. The van der Waals surface area contributed by atoms with Gasteiger partial charge in [0.2, 0.25) is 0 Å². The molecule has 0 saturated carbocycles. The van der Waals surface area contributed by atoms with Crippen LogP contribution in [0.4, 0.5) is 5.69 Å². The summed E-state index contributed by atoms with van der Waals surface area (Å²) in [6, 6.07) is 13.6. The van der Waals surface area contributed by atoms with E-state index in [0.29, 0.717) is 16.3 Å². The van der Waals surface area contributed by atoms with E-state index in [-0.39, 0.29) is 11.4 Å². The molecule has 2 aromatic rings. The molecule has 4 nitrogen and oxygen atoms in total. The molecule has 0 bridgehead atoms. The fourth-order valence-corrected chi connectivity index (χ4v) is 3.40. The number of sulfone groups is 1. The lowest BCUT2D eigenvalue weighted by Crippen LogP contribution is -2.31. The predicted molar refractivity (Wildman–Crippen MR) is 89.1 cm³/mol. The van der Waals surface area contributed by atoms with E-state index in [1.165, 1.54) is 6.07 Å². The average Bonchev–Trinajstić information content (AvgIpc) is 2.45. The van der Waals surface area contributed by atoms with Crippen molar-refractivity contribution in [2.45, 2.75) is 17.4 Å². The van der Waals surface area contributed by atoms with Crippen LogP contribution in [-0.4, -0.2) is 26.3 Å². The number of hydrogen-bond acceptors (Lipinski definition) is 4. The normalized spacial score (nSPS) is 14.4. The van der Waals surface area contributed by atoms with E-state index in [0.717, 1.165) is 6.26 Å². The highest BCUT2D eigenvalue weighted by molar-refractivity contribution is 7.90. The predicted octanol–water partition coefficient (Wildman–Crippen LogP) is 3.06. The Labute approximate surface area is 135 Å². The van der Waals surface area contributed by atoms with Gasteiger partial charge in [-0.15, -0.1) is 0 Å². The molecular formula is C16H18ClNO3S. The summed E-state index contributed by atoms with van der Waals surface area (Å²) in [5.74, 6) is 0. The smallest absolute Gasteiger partial charge is 0.177 e. The fourth-order valence-electron chi connectivity index (χ4n) is 2.20. The van der Waals surface area contributed by atoms with Gasteiger partial charge in [-0.05, 0) is 25.1 Å². The SMILES string of the molecule is CC(O)(CNc1ccccc1S(C)(=O)=O)c1ccccc1Cl. The highest BCUT2D eigenvalue weighted by atomic mass is 35.5. The molecular weight excluding hydrogens is 322 g/mol. The molecule has 0 heterocycles. The maximum atomic E-state index is 11.8. The molecule has 0 saturated heterocycles. The molecule has 2 N–H and O–H groups in total. The standard InChI is InChI=1S/C16H18ClNO3S/c1-16(19,12-7-3-4-8-13(12)17)11-18-14-9-5-6-10-15(14)22(2,20)21/h3-10,18-19H,11H2,1-2H3. The molecule has 0 aromatic heterocycles. The van der Waals surface area contributed by atoms with Gasteiger partial charge in [-0.25, -0.2) is 8.42 Å². The topological polar surface area (TPSA) is 66.4 Å². The first-order valence-electron chi connectivity index (χ1n) is 6.72. The van der Waals surface area contributed by atoms with Gasteiger partial charge < -0.3 is 10.4 Å². The minimum absolute atomic E-state index is 0.128. The van der Waals surface area contributed by atoms with Crippen molar-refractivity contribution in [1.29, 1.82) is 0 Å². The Hall–Kier alpha value is -1.56. The minimum atomic E-state index is -3.34. The Kier molecular flexibility index (Phi) is 4.80. The lowest BCUT2D eigenvalue weighted by molar-refractivity contribution is 0.0716. The van der Waals surface area contributed by atoms with E-state index in [1.807, 2.05) is 0 Å². The quantitative estimate of drug-likeness (QED) is 0.878. The summed E-state index contributed by atoms with van der Waals surface area (Å²) in [5, 5.41) is 14.1. The molecule has 6 heteroatoms. The zero-order chi connectivity index (χ0) is 16.4. The van der Waals surface area contributed by atoms with Gasteiger partial charge in [0.05, 0.1) is 10.6 Å². The summed E-state index contributed by atoms with van der Waals surface area (Å²) in [6.45, 7) is 1.76. The molecule has 0 aliphatic heterocycles. The lowest BCUT2D eigenvalue weighted by atomic mass is 9.96. The molecule has 2 rings (SSSR count). The first-order chi connectivity index (χ1) is 10.2. The molecule has 0 aliphatic rings. The molecule has 2 aromatic carbocycles. The number of hydrogen-bond donors (Lipinski definition) is 2. The van der Waals surface area contributed by atoms with Crippen molar-refractivity contribution in [3.63, 3.8) is 0 Å². The zero-order valence-electron chi connectivity index (χ0n) is 12.4. The third-order valence-corrected chi connectivity index (χ3v) is 4.85. The largest absolute Gasteiger partial charge is 0.384 e. The molecule has 0 amide bonds. The number of aliphatic hydroxyl groups is 1. The number of nitrogens with one attached hydrogen (secondary N) is 1. The van der Waals surface area contributed by atoms with Crippen molar-refractivity contribution in [3.05, 3.63) is 59.1 Å². The lowest BCUT2D eigenvalue weighted by Gasteiger charge is -2.26. The van der Waals surface area contributed by atoms with Crippen LogP contribution in [0, 0.1) is 0 Å². The third-order valence-electron chi connectivity index (χ3n) is 3.36. The van der Waals surface area contributed by atoms with Crippen LogP contribution in [0.1, 0.15) is 12.5 Å². The molecule has 0 radical (unpaired) electrons. The van der Waals surface area contributed by atoms with E-state index in [4.69, 9.17) is 11.6 Å². The number of para-hydroxylation sites is 1. The van der Waals surface area contributed by atoms with Crippen LogP contribution in [0.5, 0.6) is 0 Å². The monoisotopic (exact) mass is 339 g/mol. The maximum Gasteiger partial charge on any atom is 0.177 e.